The average molecular weight is 559 g/mol. The second-order valence-corrected chi connectivity index (χ2v) is 10.7. The van der Waals surface area contributed by atoms with Crippen LogP contribution in [0.15, 0.2) is 117 Å². The van der Waals surface area contributed by atoms with Crippen LogP contribution in [0.4, 0.5) is 0 Å². The van der Waals surface area contributed by atoms with Crippen LogP contribution in [0.1, 0.15) is 27.0 Å². The number of ketones is 1. The van der Waals surface area contributed by atoms with E-state index in [2.05, 4.69) is 20.3 Å². The molecule has 0 radical (unpaired) electrons. The van der Waals surface area contributed by atoms with E-state index in [0.717, 1.165) is 11.1 Å². The SMILES string of the molecule is O=C1/C(=N\S(=O)(=O)c2ccc(Br)cc2)C([n+]2cccc(Cc3ccccc3)c2)=C([O-])c2ccccc21. The minimum absolute atomic E-state index is 0.0838. The highest BCUT2D eigenvalue weighted by molar-refractivity contribution is 9.10. The molecule has 0 saturated carbocycles. The number of benzene rings is 3. The molecule has 0 aliphatic heterocycles. The lowest BCUT2D eigenvalue weighted by atomic mass is 9.91. The molecular formula is C28H19BrN2O4S. The van der Waals surface area contributed by atoms with E-state index in [1.807, 2.05) is 36.4 Å². The van der Waals surface area contributed by atoms with Gasteiger partial charge in [0.25, 0.3) is 10.0 Å². The van der Waals surface area contributed by atoms with E-state index in [1.165, 1.54) is 22.8 Å². The number of sulfonamides is 1. The number of fused-ring (bicyclic) bond motifs is 1. The molecule has 6 nitrogen and oxygen atoms in total. The molecule has 1 aromatic heterocycles. The van der Waals surface area contributed by atoms with Crippen LogP contribution in [0.5, 0.6) is 0 Å². The summed E-state index contributed by atoms with van der Waals surface area (Å²) >= 11 is 3.28. The van der Waals surface area contributed by atoms with Gasteiger partial charge < -0.3 is 5.11 Å². The maximum Gasteiger partial charge on any atom is 0.283 e. The minimum Gasteiger partial charge on any atom is -0.867 e. The molecule has 5 rings (SSSR count). The quantitative estimate of drug-likeness (QED) is 0.346. The molecule has 0 unspecified atom stereocenters. The van der Waals surface area contributed by atoms with Crippen LogP contribution < -0.4 is 9.67 Å². The van der Waals surface area contributed by atoms with Crippen LogP contribution in [0.2, 0.25) is 0 Å². The highest BCUT2D eigenvalue weighted by Gasteiger charge is 2.35. The van der Waals surface area contributed by atoms with Crippen molar-refractivity contribution in [3.63, 3.8) is 0 Å². The molecular weight excluding hydrogens is 540 g/mol. The number of Topliss-reactive ketones (excluding diaryl/α,β-unsaturated/α-hetero) is 1. The summed E-state index contributed by atoms with van der Waals surface area (Å²) < 4.78 is 32.4. The first-order chi connectivity index (χ1) is 17.3. The highest BCUT2D eigenvalue weighted by Crippen LogP contribution is 2.28. The van der Waals surface area contributed by atoms with Gasteiger partial charge in [-0.3, -0.25) is 4.79 Å². The summed E-state index contributed by atoms with van der Waals surface area (Å²) in [5.74, 6) is -1.10. The van der Waals surface area contributed by atoms with Crippen molar-refractivity contribution >= 4 is 48.9 Å². The minimum atomic E-state index is -4.28. The number of allylic oxidation sites excluding steroid dienone is 1. The molecule has 0 atom stereocenters. The largest absolute Gasteiger partial charge is 0.867 e. The lowest BCUT2D eigenvalue weighted by Gasteiger charge is -2.23. The molecule has 178 valence electrons. The monoisotopic (exact) mass is 558 g/mol. The standard InChI is InChI=1S/C28H19BrN2O4S/c29-21-12-14-22(15-13-21)36(34,35)30-25-26(28(33)24-11-5-4-10-23(24)27(25)32)31-16-6-9-20(18-31)17-19-7-2-1-3-8-19/h1-16,18H,17H2. The molecule has 1 heterocycles. The van der Waals surface area contributed by atoms with Crippen molar-refractivity contribution < 1.29 is 22.9 Å². The van der Waals surface area contributed by atoms with Crippen molar-refractivity contribution in [1.82, 2.24) is 0 Å². The zero-order chi connectivity index (χ0) is 25.3. The van der Waals surface area contributed by atoms with Gasteiger partial charge in [-0.1, -0.05) is 70.5 Å². The van der Waals surface area contributed by atoms with Crippen LogP contribution in [0.25, 0.3) is 11.5 Å². The molecule has 0 amide bonds. The van der Waals surface area contributed by atoms with Crippen molar-refractivity contribution in [3.05, 3.63) is 130 Å². The fraction of sp³-hybridized carbons (Fsp3) is 0.0357. The summed E-state index contributed by atoms with van der Waals surface area (Å²) in [7, 11) is -4.28. The molecule has 4 aromatic rings. The Balaban J connectivity index is 1.68. The third-order valence-corrected chi connectivity index (χ3v) is 7.58. The van der Waals surface area contributed by atoms with Crippen molar-refractivity contribution in [2.24, 2.45) is 4.40 Å². The zero-order valence-electron chi connectivity index (χ0n) is 18.8. The molecule has 3 aromatic carbocycles. The third-order valence-electron chi connectivity index (χ3n) is 5.76. The number of carbonyl (C=O) groups excluding carboxylic acids is 1. The molecule has 1 aliphatic carbocycles. The number of carbonyl (C=O) groups is 1. The second-order valence-electron chi connectivity index (χ2n) is 8.20. The Morgan fingerprint density at radius 1 is 0.806 bits per heavy atom. The Bertz CT molecular complexity index is 1640. The van der Waals surface area contributed by atoms with E-state index >= 15 is 0 Å². The van der Waals surface area contributed by atoms with Crippen LogP contribution in [-0.2, 0) is 16.4 Å². The molecule has 0 N–H and O–H groups in total. The van der Waals surface area contributed by atoms with Crippen molar-refractivity contribution in [2.75, 3.05) is 0 Å². The van der Waals surface area contributed by atoms with Gasteiger partial charge in [0.1, 0.15) is 0 Å². The molecule has 0 spiro atoms. The number of nitrogens with zero attached hydrogens (tertiary/aromatic N) is 2. The van der Waals surface area contributed by atoms with Crippen molar-refractivity contribution in [2.45, 2.75) is 11.3 Å². The number of halogens is 1. The predicted molar refractivity (Wildman–Crippen MR) is 139 cm³/mol. The summed E-state index contributed by atoms with van der Waals surface area (Å²) in [4.78, 5) is 13.4. The lowest BCUT2D eigenvalue weighted by Crippen LogP contribution is -2.44. The van der Waals surface area contributed by atoms with Gasteiger partial charge in [-0.05, 0) is 47.2 Å². The van der Waals surface area contributed by atoms with Gasteiger partial charge in [0.15, 0.2) is 18.1 Å². The molecule has 0 bridgehead atoms. The molecule has 0 saturated heterocycles. The normalized spacial score (nSPS) is 14.7. The van der Waals surface area contributed by atoms with Crippen LogP contribution in [-0.4, -0.2) is 19.9 Å². The fourth-order valence-corrected chi connectivity index (χ4v) is 5.31. The van der Waals surface area contributed by atoms with Gasteiger partial charge in [-0.2, -0.15) is 13.0 Å². The lowest BCUT2D eigenvalue weighted by molar-refractivity contribution is -0.578. The number of hydrogen-bond donors (Lipinski definition) is 0. The molecule has 8 heteroatoms. The smallest absolute Gasteiger partial charge is 0.283 e. The second kappa shape index (κ2) is 9.64. The first-order valence-corrected chi connectivity index (χ1v) is 13.3. The summed E-state index contributed by atoms with van der Waals surface area (Å²) in [6.07, 6.45) is 3.94. The average Bonchev–Trinajstić information content (AvgIpc) is 2.88. The van der Waals surface area contributed by atoms with E-state index in [-0.39, 0.29) is 21.7 Å². The van der Waals surface area contributed by atoms with Crippen LogP contribution in [0.3, 0.4) is 0 Å². The van der Waals surface area contributed by atoms with Gasteiger partial charge in [-0.25, -0.2) is 0 Å². The molecule has 0 fully saturated rings. The van der Waals surface area contributed by atoms with E-state index in [4.69, 9.17) is 0 Å². The summed E-state index contributed by atoms with van der Waals surface area (Å²) in [6, 6.07) is 25.7. The number of hydrogen-bond acceptors (Lipinski definition) is 4. The van der Waals surface area contributed by atoms with Crippen molar-refractivity contribution in [1.29, 1.82) is 0 Å². The highest BCUT2D eigenvalue weighted by atomic mass is 79.9. The van der Waals surface area contributed by atoms with E-state index < -0.39 is 27.3 Å². The number of rotatable bonds is 5. The Hall–Kier alpha value is -3.88. The zero-order valence-corrected chi connectivity index (χ0v) is 21.2. The number of pyridine rings is 1. The van der Waals surface area contributed by atoms with Gasteiger partial charge in [0, 0.05) is 28.1 Å². The Morgan fingerprint density at radius 2 is 1.44 bits per heavy atom. The Morgan fingerprint density at radius 3 is 2.17 bits per heavy atom. The van der Waals surface area contributed by atoms with Crippen LogP contribution in [0, 0.1) is 0 Å². The van der Waals surface area contributed by atoms with Gasteiger partial charge >= 0.3 is 0 Å². The first-order valence-electron chi connectivity index (χ1n) is 11.0. The summed E-state index contributed by atoms with van der Waals surface area (Å²) in [5.41, 5.74) is 1.77. The van der Waals surface area contributed by atoms with Crippen LogP contribution >= 0.6 is 15.9 Å². The maximum absolute atomic E-state index is 13.6. The third kappa shape index (κ3) is 4.65. The fourth-order valence-electron chi connectivity index (χ4n) is 4.05. The summed E-state index contributed by atoms with van der Waals surface area (Å²) in [6.45, 7) is 0. The predicted octanol–water partition coefficient (Wildman–Crippen LogP) is 4.04. The van der Waals surface area contributed by atoms with E-state index in [9.17, 15) is 18.3 Å². The van der Waals surface area contributed by atoms with Crippen molar-refractivity contribution in [3.8, 4) is 0 Å². The molecule has 1 aliphatic rings. The number of aromatic nitrogens is 1. The van der Waals surface area contributed by atoms with Gasteiger partial charge in [0.2, 0.25) is 11.5 Å². The first kappa shape index (κ1) is 23.8. The van der Waals surface area contributed by atoms with E-state index in [0.29, 0.717) is 10.9 Å². The topological polar surface area (TPSA) is 90.5 Å². The van der Waals surface area contributed by atoms with E-state index in [1.54, 1.807) is 48.8 Å². The summed E-state index contributed by atoms with van der Waals surface area (Å²) in [5, 5.41) is 13.6. The maximum atomic E-state index is 13.6. The Kier molecular flexibility index (Phi) is 6.38. The van der Waals surface area contributed by atoms with Gasteiger partial charge in [0.05, 0.1) is 4.90 Å². The molecule has 36 heavy (non-hydrogen) atoms. The Labute approximate surface area is 217 Å². The van der Waals surface area contributed by atoms with Gasteiger partial charge in [-0.15, -0.1) is 4.40 Å².